The lowest BCUT2D eigenvalue weighted by atomic mass is 9.93. The highest BCUT2D eigenvalue weighted by atomic mass is 16.4. The minimum atomic E-state index is -0.774. The number of carboxylic acid groups (broad SMARTS) is 1. The third-order valence-electron chi connectivity index (χ3n) is 5.41. The number of nitrogens with zero attached hydrogens (tertiary/aromatic N) is 3. The molecular weight excluding hydrogens is 342 g/mol. The maximum absolute atomic E-state index is 13.1. The van der Waals surface area contributed by atoms with Crippen molar-refractivity contribution in [1.82, 2.24) is 14.7 Å². The Morgan fingerprint density at radius 1 is 1.26 bits per heavy atom. The normalized spacial score (nSPS) is 17.1. The van der Waals surface area contributed by atoms with Gasteiger partial charge in [0.25, 0.3) is 5.91 Å². The van der Waals surface area contributed by atoms with Crippen LogP contribution in [0, 0.1) is 26.7 Å². The first-order valence-corrected chi connectivity index (χ1v) is 9.50. The first-order chi connectivity index (χ1) is 12.9. The van der Waals surface area contributed by atoms with Gasteiger partial charge < -0.3 is 10.0 Å². The molecule has 1 aliphatic rings. The molecule has 1 unspecified atom stereocenters. The van der Waals surface area contributed by atoms with Crippen molar-refractivity contribution < 1.29 is 14.7 Å². The number of likely N-dealkylation sites (tertiary alicyclic amines) is 1. The van der Waals surface area contributed by atoms with Crippen LogP contribution in [0.5, 0.6) is 0 Å². The summed E-state index contributed by atoms with van der Waals surface area (Å²) in [7, 11) is 0. The van der Waals surface area contributed by atoms with Crippen molar-refractivity contribution in [3.63, 3.8) is 0 Å². The van der Waals surface area contributed by atoms with Crippen LogP contribution in [0.2, 0.25) is 0 Å². The van der Waals surface area contributed by atoms with Gasteiger partial charge in [0.05, 0.1) is 23.1 Å². The SMILES string of the molecule is Cc1ccc(C)c(-n2ncc(C(=O)N3CCCC(CCC(=O)O)C3)c2C)c1. The largest absolute Gasteiger partial charge is 0.481 e. The summed E-state index contributed by atoms with van der Waals surface area (Å²) >= 11 is 0. The number of piperidine rings is 1. The summed E-state index contributed by atoms with van der Waals surface area (Å²) in [5.41, 5.74) is 4.70. The summed E-state index contributed by atoms with van der Waals surface area (Å²) in [5.74, 6) is -0.527. The van der Waals surface area contributed by atoms with E-state index in [-0.39, 0.29) is 18.2 Å². The van der Waals surface area contributed by atoms with Crippen LogP contribution in [0.4, 0.5) is 0 Å². The van der Waals surface area contributed by atoms with Gasteiger partial charge in [-0.25, -0.2) is 4.68 Å². The second kappa shape index (κ2) is 7.94. The monoisotopic (exact) mass is 369 g/mol. The van der Waals surface area contributed by atoms with Crippen molar-refractivity contribution in [3.05, 3.63) is 46.8 Å². The van der Waals surface area contributed by atoms with Crippen LogP contribution in [0.3, 0.4) is 0 Å². The molecule has 0 radical (unpaired) electrons. The molecule has 6 nitrogen and oxygen atoms in total. The van der Waals surface area contributed by atoms with Gasteiger partial charge in [-0.05, 0) is 63.1 Å². The van der Waals surface area contributed by atoms with E-state index in [1.54, 1.807) is 6.20 Å². The summed E-state index contributed by atoms with van der Waals surface area (Å²) in [5, 5.41) is 13.4. The summed E-state index contributed by atoms with van der Waals surface area (Å²) in [4.78, 5) is 25.7. The van der Waals surface area contributed by atoms with Gasteiger partial charge in [-0.15, -0.1) is 0 Å². The summed E-state index contributed by atoms with van der Waals surface area (Å²) < 4.78 is 1.83. The maximum atomic E-state index is 13.1. The third kappa shape index (κ3) is 4.21. The quantitative estimate of drug-likeness (QED) is 0.875. The van der Waals surface area contributed by atoms with Crippen LogP contribution in [-0.2, 0) is 4.79 Å². The van der Waals surface area contributed by atoms with Crippen molar-refractivity contribution >= 4 is 11.9 Å². The molecule has 1 fully saturated rings. The van der Waals surface area contributed by atoms with Crippen molar-refractivity contribution in [3.8, 4) is 5.69 Å². The van der Waals surface area contributed by atoms with E-state index in [0.29, 0.717) is 18.5 Å². The standard InChI is InChI=1S/C21H27N3O3/c1-14-6-7-15(2)19(11-14)24-16(3)18(12-22-24)21(27)23-10-4-5-17(13-23)8-9-20(25)26/h6-7,11-12,17H,4-5,8-10,13H2,1-3H3,(H,25,26). The molecule has 2 heterocycles. The van der Waals surface area contributed by atoms with Crippen LogP contribution in [0.25, 0.3) is 5.69 Å². The van der Waals surface area contributed by atoms with E-state index in [1.165, 1.54) is 0 Å². The number of hydrogen-bond acceptors (Lipinski definition) is 3. The average Bonchev–Trinajstić information content (AvgIpc) is 3.03. The Labute approximate surface area is 159 Å². The van der Waals surface area contributed by atoms with E-state index in [0.717, 1.165) is 41.9 Å². The Hall–Kier alpha value is -2.63. The zero-order valence-corrected chi connectivity index (χ0v) is 16.2. The molecular formula is C21H27N3O3. The fraction of sp³-hybridized carbons (Fsp3) is 0.476. The number of hydrogen-bond donors (Lipinski definition) is 1. The molecule has 1 N–H and O–H groups in total. The lowest BCUT2D eigenvalue weighted by Crippen LogP contribution is -2.40. The Morgan fingerprint density at radius 3 is 2.78 bits per heavy atom. The number of aromatic nitrogens is 2. The van der Waals surface area contributed by atoms with E-state index in [2.05, 4.69) is 23.3 Å². The maximum Gasteiger partial charge on any atom is 0.303 e. The molecule has 1 aliphatic heterocycles. The van der Waals surface area contributed by atoms with Crippen molar-refractivity contribution in [2.45, 2.75) is 46.5 Å². The van der Waals surface area contributed by atoms with Gasteiger partial charge in [0, 0.05) is 19.5 Å². The van der Waals surface area contributed by atoms with E-state index in [4.69, 9.17) is 5.11 Å². The van der Waals surface area contributed by atoms with E-state index in [1.807, 2.05) is 30.4 Å². The van der Waals surface area contributed by atoms with Gasteiger partial charge in [-0.1, -0.05) is 12.1 Å². The molecule has 0 saturated carbocycles. The van der Waals surface area contributed by atoms with Crippen molar-refractivity contribution in [2.24, 2.45) is 5.92 Å². The van der Waals surface area contributed by atoms with Gasteiger partial charge in [0.15, 0.2) is 0 Å². The molecule has 0 spiro atoms. The third-order valence-corrected chi connectivity index (χ3v) is 5.41. The van der Waals surface area contributed by atoms with Crippen LogP contribution >= 0.6 is 0 Å². The zero-order valence-electron chi connectivity index (χ0n) is 16.2. The van der Waals surface area contributed by atoms with Crippen LogP contribution in [-0.4, -0.2) is 44.8 Å². The lowest BCUT2D eigenvalue weighted by molar-refractivity contribution is -0.137. The van der Waals surface area contributed by atoms with E-state index < -0.39 is 5.97 Å². The van der Waals surface area contributed by atoms with Gasteiger partial charge in [0.1, 0.15) is 0 Å². The molecule has 1 aromatic heterocycles. The van der Waals surface area contributed by atoms with Crippen LogP contribution in [0.15, 0.2) is 24.4 Å². The Kier molecular flexibility index (Phi) is 5.63. The molecule has 1 saturated heterocycles. The van der Waals surface area contributed by atoms with Crippen LogP contribution < -0.4 is 0 Å². The van der Waals surface area contributed by atoms with E-state index >= 15 is 0 Å². The second-order valence-electron chi connectivity index (χ2n) is 7.54. The number of aliphatic carboxylic acids is 1. The number of benzene rings is 1. The Morgan fingerprint density at radius 2 is 2.04 bits per heavy atom. The number of rotatable bonds is 5. The molecule has 0 bridgehead atoms. The molecule has 1 amide bonds. The fourth-order valence-electron chi connectivity index (χ4n) is 3.79. The minimum Gasteiger partial charge on any atom is -0.481 e. The van der Waals surface area contributed by atoms with Gasteiger partial charge in [-0.2, -0.15) is 5.10 Å². The van der Waals surface area contributed by atoms with Gasteiger partial charge in [-0.3, -0.25) is 9.59 Å². The molecule has 6 heteroatoms. The highest BCUT2D eigenvalue weighted by Gasteiger charge is 2.27. The zero-order chi connectivity index (χ0) is 19.6. The topological polar surface area (TPSA) is 75.4 Å². The fourth-order valence-corrected chi connectivity index (χ4v) is 3.79. The molecule has 2 aromatic rings. The van der Waals surface area contributed by atoms with Gasteiger partial charge >= 0.3 is 5.97 Å². The highest BCUT2D eigenvalue weighted by Crippen LogP contribution is 2.24. The van der Waals surface area contributed by atoms with Gasteiger partial charge in [0.2, 0.25) is 0 Å². The molecule has 144 valence electrons. The minimum absolute atomic E-state index is 0.0101. The van der Waals surface area contributed by atoms with E-state index in [9.17, 15) is 9.59 Å². The van der Waals surface area contributed by atoms with Crippen LogP contribution in [0.1, 0.15) is 52.9 Å². The van der Waals surface area contributed by atoms with Crippen molar-refractivity contribution in [1.29, 1.82) is 0 Å². The first kappa shape index (κ1) is 19.1. The molecule has 27 heavy (non-hydrogen) atoms. The number of carboxylic acids is 1. The number of amides is 1. The molecule has 1 aromatic carbocycles. The predicted octanol–water partition coefficient (Wildman–Crippen LogP) is 3.51. The second-order valence-corrected chi connectivity index (χ2v) is 7.54. The summed E-state index contributed by atoms with van der Waals surface area (Å²) in [6, 6.07) is 6.20. The Bertz CT molecular complexity index is 856. The van der Waals surface area contributed by atoms with Crippen molar-refractivity contribution in [2.75, 3.05) is 13.1 Å². The number of carbonyl (C=O) groups excluding carboxylic acids is 1. The number of aryl methyl sites for hydroxylation is 2. The summed E-state index contributed by atoms with van der Waals surface area (Å²) in [6.45, 7) is 7.35. The molecule has 3 rings (SSSR count). The molecule has 1 atom stereocenters. The Balaban J connectivity index is 1.79. The predicted molar refractivity (Wildman–Crippen MR) is 103 cm³/mol. The smallest absolute Gasteiger partial charge is 0.303 e. The first-order valence-electron chi connectivity index (χ1n) is 9.50. The molecule has 0 aliphatic carbocycles. The lowest BCUT2D eigenvalue weighted by Gasteiger charge is -2.32. The summed E-state index contributed by atoms with van der Waals surface area (Å²) in [6.07, 6.45) is 4.34. The number of carbonyl (C=O) groups is 2. The highest BCUT2D eigenvalue weighted by molar-refractivity contribution is 5.95. The average molecular weight is 369 g/mol.